The van der Waals surface area contributed by atoms with Gasteiger partial charge in [-0.2, -0.15) is 0 Å². The van der Waals surface area contributed by atoms with Crippen molar-refractivity contribution < 1.29 is 13.2 Å². The van der Waals surface area contributed by atoms with Gasteiger partial charge in [0.25, 0.3) is 0 Å². The third kappa shape index (κ3) is 3.40. The van der Waals surface area contributed by atoms with Gasteiger partial charge in [-0.3, -0.25) is 9.88 Å². The van der Waals surface area contributed by atoms with Gasteiger partial charge in [0.2, 0.25) is 0 Å². The first-order valence-electron chi connectivity index (χ1n) is 8.32. The van der Waals surface area contributed by atoms with Crippen molar-refractivity contribution in [1.82, 2.24) is 9.97 Å². The summed E-state index contributed by atoms with van der Waals surface area (Å²) >= 11 is 0. The number of pyridine rings is 2. The summed E-state index contributed by atoms with van der Waals surface area (Å²) in [5.74, 6) is 0.531. The van der Waals surface area contributed by atoms with E-state index in [0.29, 0.717) is 17.9 Å². The number of anilines is 1. The van der Waals surface area contributed by atoms with Crippen molar-refractivity contribution in [2.24, 2.45) is 11.5 Å². The third-order valence-corrected chi connectivity index (χ3v) is 6.35. The molecule has 26 heavy (non-hydrogen) atoms. The van der Waals surface area contributed by atoms with E-state index < -0.39 is 21.2 Å². The van der Waals surface area contributed by atoms with Crippen LogP contribution in [-0.2, 0) is 16.3 Å². The number of carbonyl (C=O) groups is 1. The molecule has 3 heterocycles. The lowest BCUT2D eigenvalue weighted by Crippen LogP contribution is -2.40. The molecule has 8 nitrogen and oxygen atoms in total. The second kappa shape index (κ2) is 7.00. The fourth-order valence-corrected chi connectivity index (χ4v) is 3.90. The summed E-state index contributed by atoms with van der Waals surface area (Å²) in [6.45, 7) is 2.11. The van der Waals surface area contributed by atoms with Crippen LogP contribution in [0.4, 0.5) is 10.6 Å². The van der Waals surface area contributed by atoms with E-state index in [9.17, 15) is 13.2 Å². The second-order valence-electron chi connectivity index (χ2n) is 6.18. The monoisotopic (exact) mass is 375 g/mol. The van der Waals surface area contributed by atoms with Crippen molar-refractivity contribution in [3.63, 3.8) is 0 Å². The minimum atomic E-state index is -3.42. The highest BCUT2D eigenvalue weighted by molar-refractivity contribution is 7.91. The van der Waals surface area contributed by atoms with Crippen molar-refractivity contribution >= 4 is 21.7 Å². The molecule has 0 bridgehead atoms. The minimum Gasteiger partial charge on any atom is -0.351 e. The van der Waals surface area contributed by atoms with Crippen LogP contribution in [0.25, 0.3) is 11.1 Å². The van der Waals surface area contributed by atoms with Gasteiger partial charge in [0, 0.05) is 47.6 Å². The van der Waals surface area contributed by atoms with E-state index in [0.717, 1.165) is 29.5 Å². The molecule has 3 rings (SSSR count). The average Bonchev–Trinajstić information content (AvgIpc) is 2.66. The van der Waals surface area contributed by atoms with E-state index >= 15 is 0 Å². The predicted octanol–water partition coefficient (Wildman–Crippen LogP) is 1.37. The lowest BCUT2D eigenvalue weighted by Gasteiger charge is -2.27. The summed E-state index contributed by atoms with van der Waals surface area (Å²) in [7, 11) is -3.42. The molecule has 1 aliphatic heterocycles. The minimum absolute atomic E-state index is 0.0399. The molecule has 1 atom stereocenters. The van der Waals surface area contributed by atoms with Gasteiger partial charge in [-0.15, -0.1) is 0 Å². The first-order valence-corrected chi connectivity index (χ1v) is 10.0. The Balaban J connectivity index is 1.98. The summed E-state index contributed by atoms with van der Waals surface area (Å²) in [5, 5.41) is -1.11. The standard InChI is InChI=1S/C17H21N5O3S/c1-2-26(24,25)15(18)14-7-12(8-20-9-14)13-6-11-4-3-5-22(17(19)23)16(11)21-10-13/h6-10,15H,2-5,18H2,1H3,(H2,19,23). The van der Waals surface area contributed by atoms with Crippen LogP contribution in [-0.4, -0.2) is 36.7 Å². The second-order valence-corrected chi connectivity index (χ2v) is 8.59. The quantitative estimate of drug-likeness (QED) is 0.829. The van der Waals surface area contributed by atoms with Crippen molar-refractivity contribution in [1.29, 1.82) is 0 Å². The summed E-state index contributed by atoms with van der Waals surface area (Å²) in [6, 6.07) is 3.12. The maximum atomic E-state index is 12.0. The molecule has 2 aromatic heterocycles. The number of nitrogens with zero attached hydrogens (tertiary/aromatic N) is 3. The molecule has 4 N–H and O–H groups in total. The fraction of sp³-hybridized carbons (Fsp3) is 0.353. The molecule has 0 fully saturated rings. The third-order valence-electron chi connectivity index (χ3n) is 4.50. The number of amides is 2. The van der Waals surface area contributed by atoms with Gasteiger partial charge in [-0.1, -0.05) is 6.92 Å². The average molecular weight is 375 g/mol. The lowest BCUT2D eigenvalue weighted by molar-refractivity contribution is 0.253. The number of carbonyl (C=O) groups excluding carboxylic acids is 1. The normalized spacial score (nSPS) is 15.4. The highest BCUT2D eigenvalue weighted by atomic mass is 32.2. The van der Waals surface area contributed by atoms with Gasteiger partial charge < -0.3 is 11.5 Å². The lowest BCUT2D eigenvalue weighted by atomic mass is 10.0. The maximum Gasteiger partial charge on any atom is 0.320 e. The summed E-state index contributed by atoms with van der Waals surface area (Å²) < 4.78 is 24.0. The van der Waals surface area contributed by atoms with Crippen molar-refractivity contribution in [3.05, 3.63) is 41.9 Å². The van der Waals surface area contributed by atoms with Crippen molar-refractivity contribution in [2.45, 2.75) is 25.1 Å². The molecule has 0 saturated heterocycles. The summed E-state index contributed by atoms with van der Waals surface area (Å²) in [5.41, 5.74) is 14.1. The number of rotatable bonds is 4. The van der Waals surface area contributed by atoms with Crippen molar-refractivity contribution in [3.8, 4) is 11.1 Å². The summed E-state index contributed by atoms with van der Waals surface area (Å²) in [4.78, 5) is 21.5. The molecular formula is C17H21N5O3S. The van der Waals surface area contributed by atoms with Crippen LogP contribution < -0.4 is 16.4 Å². The number of aryl methyl sites for hydroxylation is 1. The van der Waals surface area contributed by atoms with E-state index in [1.54, 1.807) is 25.4 Å². The van der Waals surface area contributed by atoms with Gasteiger partial charge >= 0.3 is 6.03 Å². The van der Waals surface area contributed by atoms with Gasteiger partial charge in [-0.05, 0) is 30.5 Å². The largest absolute Gasteiger partial charge is 0.351 e. The van der Waals surface area contributed by atoms with Crippen molar-refractivity contribution in [2.75, 3.05) is 17.2 Å². The van der Waals surface area contributed by atoms with Crippen LogP contribution in [0, 0.1) is 0 Å². The number of aromatic nitrogens is 2. The highest BCUT2D eigenvalue weighted by Crippen LogP contribution is 2.30. The van der Waals surface area contributed by atoms with E-state index in [-0.39, 0.29) is 5.75 Å². The Morgan fingerprint density at radius 1 is 1.27 bits per heavy atom. The molecule has 0 aliphatic carbocycles. The molecule has 1 unspecified atom stereocenters. The fourth-order valence-electron chi connectivity index (χ4n) is 2.99. The van der Waals surface area contributed by atoms with Crippen LogP contribution in [0.3, 0.4) is 0 Å². The molecule has 0 spiro atoms. The van der Waals surface area contributed by atoms with E-state index in [2.05, 4.69) is 9.97 Å². The van der Waals surface area contributed by atoms with Gasteiger partial charge in [0.1, 0.15) is 11.2 Å². The van der Waals surface area contributed by atoms with Crippen LogP contribution >= 0.6 is 0 Å². The molecule has 0 saturated carbocycles. The predicted molar refractivity (Wildman–Crippen MR) is 99.1 cm³/mol. The van der Waals surface area contributed by atoms with E-state index in [4.69, 9.17) is 11.5 Å². The van der Waals surface area contributed by atoms with Crippen LogP contribution in [0.1, 0.15) is 29.8 Å². The van der Waals surface area contributed by atoms with Crippen LogP contribution in [0.5, 0.6) is 0 Å². The highest BCUT2D eigenvalue weighted by Gasteiger charge is 2.24. The first-order chi connectivity index (χ1) is 12.3. The SMILES string of the molecule is CCS(=O)(=O)C(N)c1cncc(-c2cnc3c(c2)CCCN3C(N)=O)c1. The molecule has 2 amide bonds. The molecule has 2 aromatic rings. The molecule has 0 radical (unpaired) electrons. The Labute approximate surface area is 152 Å². The number of hydrogen-bond donors (Lipinski definition) is 2. The Hall–Kier alpha value is -2.52. The van der Waals surface area contributed by atoms with Gasteiger partial charge in [0.05, 0.1) is 0 Å². The summed E-state index contributed by atoms with van der Waals surface area (Å²) in [6.07, 6.45) is 6.31. The van der Waals surface area contributed by atoms with Crippen LogP contribution in [0.15, 0.2) is 30.7 Å². The first kappa shape index (κ1) is 18.3. The zero-order chi connectivity index (χ0) is 18.9. The number of fused-ring (bicyclic) bond motifs is 1. The Bertz CT molecular complexity index is 945. The number of nitrogens with two attached hydrogens (primary N) is 2. The smallest absolute Gasteiger partial charge is 0.320 e. The Kier molecular flexibility index (Phi) is 4.92. The number of urea groups is 1. The molecule has 0 aromatic carbocycles. The zero-order valence-electron chi connectivity index (χ0n) is 14.4. The molecule has 1 aliphatic rings. The van der Waals surface area contributed by atoms with E-state index in [1.807, 2.05) is 6.07 Å². The molecule has 9 heteroatoms. The number of hydrogen-bond acceptors (Lipinski definition) is 6. The molecule has 138 valence electrons. The van der Waals surface area contributed by atoms with Crippen LogP contribution in [0.2, 0.25) is 0 Å². The van der Waals surface area contributed by atoms with Gasteiger partial charge in [0.15, 0.2) is 9.84 Å². The zero-order valence-corrected chi connectivity index (χ0v) is 15.2. The maximum absolute atomic E-state index is 12.0. The van der Waals surface area contributed by atoms with E-state index in [1.165, 1.54) is 11.1 Å². The van der Waals surface area contributed by atoms with Gasteiger partial charge in [-0.25, -0.2) is 18.2 Å². The Morgan fingerprint density at radius 2 is 2.00 bits per heavy atom. The molecular weight excluding hydrogens is 354 g/mol. The number of primary amides is 1. The Morgan fingerprint density at radius 3 is 2.69 bits per heavy atom. The topological polar surface area (TPSA) is 132 Å². The number of sulfone groups is 1.